The molecular formula is C18H29NP+. The molecule has 110 valence electrons. The molecule has 0 spiro atoms. The van der Waals surface area contributed by atoms with E-state index in [-0.39, 0.29) is 0 Å². The predicted molar refractivity (Wildman–Crippen MR) is 87.6 cm³/mol. The van der Waals surface area contributed by atoms with Crippen molar-refractivity contribution >= 4 is 7.92 Å². The first kappa shape index (κ1) is 14.5. The Labute approximate surface area is 125 Å². The Balaban J connectivity index is 1.61. The van der Waals surface area contributed by atoms with Crippen LogP contribution in [0, 0.1) is 0 Å². The fourth-order valence-electron chi connectivity index (χ4n) is 4.09. The predicted octanol–water partition coefficient (Wildman–Crippen LogP) is 4.42. The summed E-state index contributed by atoms with van der Waals surface area (Å²) in [5.41, 5.74) is 3.78. The molecule has 0 bridgehead atoms. The van der Waals surface area contributed by atoms with E-state index in [9.17, 15) is 0 Å². The third kappa shape index (κ3) is 3.61. The topological polar surface area (TPSA) is 3.88 Å². The van der Waals surface area contributed by atoms with Crippen molar-refractivity contribution in [2.75, 3.05) is 6.16 Å². The lowest BCUT2D eigenvalue weighted by Gasteiger charge is -2.30. The van der Waals surface area contributed by atoms with E-state index >= 15 is 0 Å². The molecule has 0 aromatic carbocycles. The minimum atomic E-state index is 0.299. The highest BCUT2D eigenvalue weighted by Gasteiger charge is 2.32. The smallest absolute Gasteiger partial charge is 0.168 e. The Bertz CT molecular complexity index is 386. The Morgan fingerprint density at radius 1 is 0.950 bits per heavy atom. The van der Waals surface area contributed by atoms with Crippen LogP contribution in [0.4, 0.5) is 0 Å². The molecule has 2 aliphatic rings. The van der Waals surface area contributed by atoms with Gasteiger partial charge in [0, 0.05) is 12.1 Å². The summed E-state index contributed by atoms with van der Waals surface area (Å²) in [6.45, 7) is 0. The van der Waals surface area contributed by atoms with Crippen LogP contribution >= 0.6 is 7.92 Å². The molecule has 0 atom stereocenters. The zero-order valence-electron chi connectivity index (χ0n) is 12.9. The van der Waals surface area contributed by atoms with E-state index in [4.69, 9.17) is 0 Å². The highest BCUT2D eigenvalue weighted by Crippen LogP contribution is 2.57. The van der Waals surface area contributed by atoms with Crippen LogP contribution in [-0.4, -0.2) is 17.5 Å². The molecule has 2 saturated carbocycles. The van der Waals surface area contributed by atoms with Gasteiger partial charge in [-0.1, -0.05) is 25.7 Å². The van der Waals surface area contributed by atoms with Crippen molar-refractivity contribution in [1.82, 2.24) is 0 Å². The molecular weight excluding hydrogens is 261 g/mol. The maximum absolute atomic E-state index is 2.32. The molecule has 0 amide bonds. The molecule has 0 unspecified atom stereocenters. The molecule has 1 aromatic rings. The van der Waals surface area contributed by atoms with Gasteiger partial charge in [0.25, 0.3) is 0 Å². The van der Waals surface area contributed by atoms with E-state index in [1.54, 1.807) is 31.2 Å². The largest absolute Gasteiger partial charge is 0.208 e. The molecule has 0 saturated heterocycles. The summed E-state index contributed by atoms with van der Waals surface area (Å²) >= 11 is 0. The first-order valence-corrected chi connectivity index (χ1v) is 10.2. The van der Waals surface area contributed by atoms with Crippen LogP contribution in [0.2, 0.25) is 0 Å². The molecule has 0 radical (unpaired) electrons. The highest BCUT2D eigenvalue weighted by atomic mass is 31.1. The number of aromatic nitrogens is 1. The van der Waals surface area contributed by atoms with Gasteiger partial charge >= 0.3 is 0 Å². The molecule has 0 N–H and O–H groups in total. The fraction of sp³-hybridized carbons (Fsp3) is 0.722. The Hall–Kier alpha value is -0.420. The van der Waals surface area contributed by atoms with Crippen molar-refractivity contribution in [3.8, 4) is 0 Å². The number of aryl methyl sites for hydroxylation is 2. The van der Waals surface area contributed by atoms with Crippen molar-refractivity contribution < 1.29 is 4.57 Å². The first-order chi connectivity index (χ1) is 9.83. The van der Waals surface area contributed by atoms with Gasteiger partial charge in [-0.05, 0) is 55.1 Å². The summed E-state index contributed by atoms with van der Waals surface area (Å²) in [5, 5.41) is 0. The third-order valence-electron chi connectivity index (χ3n) is 5.29. The third-order valence-corrected chi connectivity index (χ3v) is 8.94. The van der Waals surface area contributed by atoms with E-state index in [0.29, 0.717) is 7.92 Å². The highest BCUT2D eigenvalue weighted by molar-refractivity contribution is 7.59. The summed E-state index contributed by atoms with van der Waals surface area (Å²) in [6, 6.07) is 4.63. The molecule has 1 heterocycles. The van der Waals surface area contributed by atoms with Crippen molar-refractivity contribution in [1.29, 1.82) is 0 Å². The zero-order chi connectivity index (χ0) is 13.8. The van der Waals surface area contributed by atoms with E-state index < -0.39 is 0 Å². The molecule has 2 aliphatic carbocycles. The molecule has 2 heteroatoms. The van der Waals surface area contributed by atoms with Gasteiger partial charge in [0.1, 0.15) is 7.05 Å². The van der Waals surface area contributed by atoms with Gasteiger partial charge in [0.15, 0.2) is 12.4 Å². The summed E-state index contributed by atoms with van der Waals surface area (Å²) in [7, 11) is 2.40. The van der Waals surface area contributed by atoms with Gasteiger partial charge in [-0.15, -0.1) is 7.92 Å². The number of pyridine rings is 1. The standard InChI is InChI=1S/C18H29NP/c1-19-13-10-16(11-14-19)12-15-20(17-6-2-3-7-17)18-8-4-5-9-18/h10-11,13-14,17-18H,2-9,12,15H2,1H3/q+1. The first-order valence-electron chi connectivity index (χ1n) is 8.53. The monoisotopic (exact) mass is 290 g/mol. The van der Waals surface area contributed by atoms with Crippen LogP contribution in [0.15, 0.2) is 24.5 Å². The fourth-order valence-corrected chi connectivity index (χ4v) is 7.99. The van der Waals surface area contributed by atoms with Gasteiger partial charge in [0.2, 0.25) is 0 Å². The molecule has 0 aliphatic heterocycles. The average molecular weight is 290 g/mol. The summed E-state index contributed by atoms with van der Waals surface area (Å²) in [4.78, 5) is 0. The quantitative estimate of drug-likeness (QED) is 0.558. The summed E-state index contributed by atoms with van der Waals surface area (Å²) in [6.07, 6.45) is 19.4. The van der Waals surface area contributed by atoms with Gasteiger partial charge in [-0.3, -0.25) is 0 Å². The number of nitrogens with zero attached hydrogens (tertiary/aromatic N) is 1. The number of hydrogen-bond acceptors (Lipinski definition) is 0. The van der Waals surface area contributed by atoms with Crippen LogP contribution in [0.5, 0.6) is 0 Å². The molecule has 1 aromatic heterocycles. The normalized spacial score (nSPS) is 21.1. The van der Waals surface area contributed by atoms with E-state index in [1.807, 2.05) is 0 Å². The maximum Gasteiger partial charge on any atom is 0.168 e. The maximum atomic E-state index is 2.32. The Kier molecular flexibility index (Phi) is 5.10. The van der Waals surface area contributed by atoms with Crippen molar-refractivity contribution in [3.05, 3.63) is 30.1 Å². The lowest BCUT2D eigenvalue weighted by atomic mass is 10.2. The molecule has 2 fully saturated rings. The van der Waals surface area contributed by atoms with E-state index in [2.05, 4.69) is 36.1 Å². The Morgan fingerprint density at radius 2 is 1.45 bits per heavy atom. The van der Waals surface area contributed by atoms with Crippen LogP contribution in [0.25, 0.3) is 0 Å². The van der Waals surface area contributed by atoms with Gasteiger partial charge < -0.3 is 0 Å². The summed E-state index contributed by atoms with van der Waals surface area (Å²) in [5.74, 6) is 0. The average Bonchev–Trinajstić information content (AvgIpc) is 3.14. The molecule has 3 rings (SSSR count). The van der Waals surface area contributed by atoms with Gasteiger partial charge in [0.05, 0.1) is 0 Å². The second kappa shape index (κ2) is 7.03. The van der Waals surface area contributed by atoms with Crippen molar-refractivity contribution in [2.45, 2.75) is 69.1 Å². The van der Waals surface area contributed by atoms with Crippen LogP contribution in [0.3, 0.4) is 0 Å². The zero-order valence-corrected chi connectivity index (χ0v) is 13.8. The van der Waals surface area contributed by atoms with E-state index in [1.165, 1.54) is 38.3 Å². The van der Waals surface area contributed by atoms with Gasteiger partial charge in [-0.25, -0.2) is 4.57 Å². The number of hydrogen-bond donors (Lipinski definition) is 0. The molecule has 20 heavy (non-hydrogen) atoms. The molecule has 1 nitrogen and oxygen atoms in total. The van der Waals surface area contributed by atoms with E-state index in [0.717, 1.165) is 11.3 Å². The minimum absolute atomic E-state index is 0.299. The SMILES string of the molecule is C[n+]1ccc(CCP(C2CCCC2)C2CCCC2)cc1. The lowest BCUT2D eigenvalue weighted by molar-refractivity contribution is -0.671. The van der Waals surface area contributed by atoms with Gasteiger partial charge in [-0.2, -0.15) is 0 Å². The Morgan fingerprint density at radius 3 is 1.95 bits per heavy atom. The van der Waals surface area contributed by atoms with Crippen LogP contribution < -0.4 is 4.57 Å². The second-order valence-electron chi connectivity index (χ2n) is 6.74. The van der Waals surface area contributed by atoms with Crippen molar-refractivity contribution in [3.63, 3.8) is 0 Å². The minimum Gasteiger partial charge on any atom is -0.208 e. The lowest BCUT2D eigenvalue weighted by Crippen LogP contribution is -2.26. The summed E-state index contributed by atoms with van der Waals surface area (Å²) < 4.78 is 2.14. The van der Waals surface area contributed by atoms with Crippen molar-refractivity contribution in [2.24, 2.45) is 7.05 Å². The number of rotatable bonds is 5. The van der Waals surface area contributed by atoms with Crippen LogP contribution in [0.1, 0.15) is 56.9 Å². The second-order valence-corrected chi connectivity index (χ2v) is 9.67. The van der Waals surface area contributed by atoms with Crippen LogP contribution in [-0.2, 0) is 13.5 Å².